The highest BCUT2D eigenvalue weighted by Gasteiger charge is 2.21. The van der Waals surface area contributed by atoms with E-state index in [1.807, 2.05) is 27.7 Å². The van der Waals surface area contributed by atoms with E-state index in [1.165, 1.54) is 11.8 Å². The van der Waals surface area contributed by atoms with Gasteiger partial charge in [-0.1, -0.05) is 26.0 Å². The van der Waals surface area contributed by atoms with Crippen molar-refractivity contribution in [2.75, 3.05) is 12.3 Å². The quantitative estimate of drug-likeness (QED) is 0.508. The first-order valence-electron chi connectivity index (χ1n) is 8.70. The Balaban J connectivity index is 2.68. The second-order valence-electron chi connectivity index (χ2n) is 6.69. The topological polar surface area (TPSA) is 84.5 Å². The number of nitrogens with one attached hydrogen (secondary N) is 2. The zero-order valence-corrected chi connectivity index (χ0v) is 16.8. The van der Waals surface area contributed by atoms with Crippen LogP contribution in [0.15, 0.2) is 29.2 Å². The lowest BCUT2D eigenvalue weighted by atomic mass is 10.2. The van der Waals surface area contributed by atoms with Crippen LogP contribution in [0.3, 0.4) is 0 Å². The lowest BCUT2D eigenvalue weighted by molar-refractivity contribution is -0.129. The van der Waals surface area contributed by atoms with Gasteiger partial charge in [0.15, 0.2) is 6.10 Å². The number of esters is 1. The van der Waals surface area contributed by atoms with Crippen LogP contribution in [0.5, 0.6) is 0 Å². The number of hydrogen-bond acceptors (Lipinski definition) is 5. The average Bonchev–Trinajstić information content (AvgIpc) is 2.57. The molecule has 1 unspecified atom stereocenters. The molecule has 1 rings (SSSR count). The van der Waals surface area contributed by atoms with Crippen LogP contribution >= 0.6 is 11.8 Å². The van der Waals surface area contributed by atoms with Crippen molar-refractivity contribution in [2.24, 2.45) is 5.92 Å². The Morgan fingerprint density at radius 3 is 2.35 bits per heavy atom. The maximum atomic E-state index is 12.4. The van der Waals surface area contributed by atoms with Gasteiger partial charge in [-0.05, 0) is 38.8 Å². The van der Waals surface area contributed by atoms with Crippen LogP contribution < -0.4 is 10.6 Å². The van der Waals surface area contributed by atoms with E-state index in [0.717, 1.165) is 0 Å². The molecule has 0 aliphatic heterocycles. The molecule has 0 saturated heterocycles. The zero-order chi connectivity index (χ0) is 19.7. The van der Waals surface area contributed by atoms with Crippen molar-refractivity contribution >= 4 is 29.5 Å². The smallest absolute Gasteiger partial charge is 0.340 e. The van der Waals surface area contributed by atoms with Gasteiger partial charge in [0.25, 0.3) is 5.91 Å². The Labute approximate surface area is 159 Å². The van der Waals surface area contributed by atoms with Gasteiger partial charge in [-0.3, -0.25) is 9.59 Å². The van der Waals surface area contributed by atoms with E-state index < -0.39 is 12.1 Å². The number of ether oxygens (including phenoxy) is 1. The van der Waals surface area contributed by atoms with Crippen molar-refractivity contribution < 1.29 is 19.1 Å². The van der Waals surface area contributed by atoms with E-state index in [0.29, 0.717) is 22.9 Å². The fourth-order valence-corrected chi connectivity index (χ4v) is 2.85. The SMILES string of the molecule is CC(C)CNC(=O)C(C)OC(=O)c1ccccc1SCC(=O)NC(C)C. The number of amides is 2. The molecule has 1 atom stereocenters. The second kappa shape index (κ2) is 10.9. The van der Waals surface area contributed by atoms with Crippen LogP contribution in [-0.2, 0) is 14.3 Å². The Morgan fingerprint density at radius 1 is 1.08 bits per heavy atom. The van der Waals surface area contributed by atoms with Crippen LogP contribution in [0, 0.1) is 5.92 Å². The van der Waals surface area contributed by atoms with Gasteiger partial charge >= 0.3 is 5.97 Å². The molecule has 2 N–H and O–H groups in total. The van der Waals surface area contributed by atoms with Crippen LogP contribution in [0.4, 0.5) is 0 Å². The summed E-state index contributed by atoms with van der Waals surface area (Å²) in [5.74, 6) is -0.490. The molecule has 26 heavy (non-hydrogen) atoms. The molecule has 0 aliphatic carbocycles. The van der Waals surface area contributed by atoms with Crippen molar-refractivity contribution in [3.63, 3.8) is 0 Å². The summed E-state index contributed by atoms with van der Waals surface area (Å²) >= 11 is 1.26. The summed E-state index contributed by atoms with van der Waals surface area (Å²) in [5.41, 5.74) is 0.346. The first-order chi connectivity index (χ1) is 12.2. The molecule has 0 saturated carbocycles. The molecule has 1 aromatic rings. The normalized spacial score (nSPS) is 12.0. The third kappa shape index (κ3) is 7.91. The van der Waals surface area contributed by atoms with Crippen molar-refractivity contribution in [3.8, 4) is 0 Å². The molecule has 2 amide bonds. The molecule has 0 fully saturated rings. The minimum absolute atomic E-state index is 0.0634. The summed E-state index contributed by atoms with van der Waals surface area (Å²) in [6, 6.07) is 6.96. The number of benzene rings is 1. The summed E-state index contributed by atoms with van der Waals surface area (Å²) in [5, 5.41) is 5.54. The molecule has 0 spiro atoms. The van der Waals surface area contributed by atoms with Gasteiger partial charge in [0.05, 0.1) is 11.3 Å². The maximum Gasteiger partial charge on any atom is 0.340 e. The Bertz CT molecular complexity index is 632. The summed E-state index contributed by atoms with van der Waals surface area (Å²) in [4.78, 5) is 36.8. The predicted molar refractivity (Wildman–Crippen MR) is 103 cm³/mol. The van der Waals surface area contributed by atoms with E-state index in [-0.39, 0.29) is 23.6 Å². The maximum absolute atomic E-state index is 12.4. The molecule has 0 bridgehead atoms. The molecule has 0 heterocycles. The molecule has 0 aromatic heterocycles. The van der Waals surface area contributed by atoms with Crippen molar-refractivity contribution in [3.05, 3.63) is 29.8 Å². The second-order valence-corrected chi connectivity index (χ2v) is 7.71. The van der Waals surface area contributed by atoms with Crippen LogP contribution in [0.2, 0.25) is 0 Å². The van der Waals surface area contributed by atoms with E-state index in [9.17, 15) is 14.4 Å². The Morgan fingerprint density at radius 2 is 1.73 bits per heavy atom. The van der Waals surface area contributed by atoms with Gasteiger partial charge < -0.3 is 15.4 Å². The van der Waals surface area contributed by atoms with Gasteiger partial charge in [-0.15, -0.1) is 11.8 Å². The third-order valence-electron chi connectivity index (χ3n) is 3.25. The van der Waals surface area contributed by atoms with Crippen molar-refractivity contribution in [1.29, 1.82) is 0 Å². The van der Waals surface area contributed by atoms with Crippen molar-refractivity contribution in [1.82, 2.24) is 10.6 Å². The van der Waals surface area contributed by atoms with E-state index >= 15 is 0 Å². The van der Waals surface area contributed by atoms with Crippen LogP contribution in [0.1, 0.15) is 45.0 Å². The molecule has 144 valence electrons. The van der Waals surface area contributed by atoms with Gasteiger partial charge in [-0.25, -0.2) is 4.79 Å². The fraction of sp³-hybridized carbons (Fsp3) is 0.526. The lowest BCUT2D eigenvalue weighted by Gasteiger charge is -2.16. The van der Waals surface area contributed by atoms with Crippen LogP contribution in [-0.4, -0.2) is 42.2 Å². The minimum Gasteiger partial charge on any atom is -0.449 e. The Kier molecular flexibility index (Phi) is 9.19. The average molecular weight is 381 g/mol. The summed E-state index contributed by atoms with van der Waals surface area (Å²) in [6.45, 7) is 9.82. The molecule has 6 nitrogen and oxygen atoms in total. The first kappa shape index (κ1) is 22.0. The molecule has 0 radical (unpaired) electrons. The van der Waals surface area contributed by atoms with E-state index in [4.69, 9.17) is 4.74 Å². The number of hydrogen-bond donors (Lipinski definition) is 2. The lowest BCUT2D eigenvalue weighted by Crippen LogP contribution is -2.37. The summed E-state index contributed by atoms with van der Waals surface area (Å²) < 4.78 is 5.28. The molecule has 7 heteroatoms. The molecule has 1 aromatic carbocycles. The van der Waals surface area contributed by atoms with Gasteiger partial charge in [-0.2, -0.15) is 0 Å². The highest BCUT2D eigenvalue weighted by Crippen LogP contribution is 2.23. The van der Waals surface area contributed by atoms with E-state index in [2.05, 4.69) is 10.6 Å². The first-order valence-corrected chi connectivity index (χ1v) is 9.69. The largest absolute Gasteiger partial charge is 0.449 e. The van der Waals surface area contributed by atoms with Crippen molar-refractivity contribution in [2.45, 2.75) is 51.7 Å². The number of carbonyl (C=O) groups excluding carboxylic acids is 3. The predicted octanol–water partition coefficient (Wildman–Crippen LogP) is 2.62. The molecule has 0 aliphatic rings. The zero-order valence-electron chi connectivity index (χ0n) is 16.0. The number of carbonyl (C=O) groups is 3. The third-order valence-corrected chi connectivity index (χ3v) is 4.33. The highest BCUT2D eigenvalue weighted by molar-refractivity contribution is 8.00. The molecular weight excluding hydrogens is 352 g/mol. The summed E-state index contributed by atoms with van der Waals surface area (Å²) in [7, 11) is 0. The van der Waals surface area contributed by atoms with Gasteiger partial charge in [0.2, 0.25) is 5.91 Å². The summed E-state index contributed by atoms with van der Waals surface area (Å²) in [6.07, 6.45) is -0.886. The van der Waals surface area contributed by atoms with Gasteiger partial charge in [0.1, 0.15) is 0 Å². The minimum atomic E-state index is -0.886. The van der Waals surface area contributed by atoms with Crippen LogP contribution in [0.25, 0.3) is 0 Å². The fourth-order valence-electron chi connectivity index (χ4n) is 1.99. The Hall–Kier alpha value is -2.02. The number of rotatable bonds is 9. The highest BCUT2D eigenvalue weighted by atomic mass is 32.2. The molecular formula is C19H28N2O4S. The van der Waals surface area contributed by atoms with E-state index in [1.54, 1.807) is 31.2 Å². The monoisotopic (exact) mass is 380 g/mol. The number of thioether (sulfide) groups is 1. The standard InChI is InChI=1S/C19H28N2O4S/c1-12(2)10-20-18(23)14(5)25-19(24)15-8-6-7-9-16(15)26-11-17(22)21-13(3)4/h6-9,12-14H,10-11H2,1-5H3,(H,20,23)(H,21,22). The van der Waals surface area contributed by atoms with Gasteiger partial charge in [0, 0.05) is 17.5 Å².